The second-order valence-corrected chi connectivity index (χ2v) is 9.32. The Balaban J connectivity index is 1.78. The van der Waals surface area contributed by atoms with E-state index < -0.39 is 10.0 Å². The van der Waals surface area contributed by atoms with Crippen molar-refractivity contribution in [3.63, 3.8) is 0 Å². The standard InChI is InChI=1S/C18H27BrN2O4S/c1-26(23,24)21(17-11-6-5-10-16(17)19)14-18(22)20-12-7-13-25-15-8-3-2-4-9-15/h5-6,10-11,15H,2-4,7-9,12-14H2,1H3,(H,20,22). The van der Waals surface area contributed by atoms with Crippen molar-refractivity contribution in [2.75, 3.05) is 30.3 Å². The Hall–Kier alpha value is -1.12. The van der Waals surface area contributed by atoms with Crippen LogP contribution in [0.25, 0.3) is 0 Å². The minimum absolute atomic E-state index is 0.245. The molecule has 1 aliphatic carbocycles. The third-order valence-electron chi connectivity index (χ3n) is 4.36. The van der Waals surface area contributed by atoms with Gasteiger partial charge in [0.1, 0.15) is 6.54 Å². The van der Waals surface area contributed by atoms with Crippen molar-refractivity contribution in [2.45, 2.75) is 44.6 Å². The molecule has 26 heavy (non-hydrogen) atoms. The molecular weight excluding hydrogens is 420 g/mol. The lowest BCUT2D eigenvalue weighted by molar-refractivity contribution is -0.119. The fourth-order valence-electron chi connectivity index (χ4n) is 3.00. The van der Waals surface area contributed by atoms with E-state index in [1.807, 2.05) is 0 Å². The Morgan fingerprint density at radius 1 is 1.27 bits per heavy atom. The summed E-state index contributed by atoms with van der Waals surface area (Å²) in [5, 5.41) is 2.77. The van der Waals surface area contributed by atoms with Gasteiger partial charge in [-0.05, 0) is 47.3 Å². The third kappa shape index (κ3) is 6.89. The van der Waals surface area contributed by atoms with E-state index in [9.17, 15) is 13.2 Å². The average Bonchev–Trinajstić information content (AvgIpc) is 2.60. The number of rotatable bonds is 9. The van der Waals surface area contributed by atoms with Gasteiger partial charge in [0.2, 0.25) is 15.9 Å². The molecule has 1 amide bonds. The molecule has 1 fully saturated rings. The quantitative estimate of drug-likeness (QED) is 0.591. The van der Waals surface area contributed by atoms with Gasteiger partial charge < -0.3 is 10.1 Å². The number of nitrogens with zero attached hydrogens (tertiary/aromatic N) is 1. The zero-order chi connectivity index (χ0) is 19.0. The van der Waals surface area contributed by atoms with Crippen LogP contribution in [0.5, 0.6) is 0 Å². The maximum absolute atomic E-state index is 12.2. The van der Waals surface area contributed by atoms with Crippen molar-refractivity contribution in [3.05, 3.63) is 28.7 Å². The number of carbonyl (C=O) groups excluding carboxylic acids is 1. The summed E-state index contributed by atoms with van der Waals surface area (Å²) in [6, 6.07) is 6.93. The van der Waals surface area contributed by atoms with Crippen LogP contribution >= 0.6 is 15.9 Å². The fourth-order valence-corrected chi connectivity index (χ4v) is 4.49. The second-order valence-electron chi connectivity index (χ2n) is 6.56. The van der Waals surface area contributed by atoms with Crippen LogP contribution in [-0.4, -0.2) is 46.4 Å². The first kappa shape index (κ1) is 21.2. The van der Waals surface area contributed by atoms with Gasteiger partial charge in [0.25, 0.3) is 0 Å². The number of carbonyl (C=O) groups is 1. The van der Waals surface area contributed by atoms with Crippen LogP contribution in [0, 0.1) is 0 Å². The number of hydrogen-bond donors (Lipinski definition) is 1. The summed E-state index contributed by atoms with van der Waals surface area (Å²) in [6.07, 6.45) is 8.19. The predicted molar refractivity (Wildman–Crippen MR) is 107 cm³/mol. The number of halogens is 1. The first-order valence-corrected chi connectivity index (χ1v) is 11.6. The Kier molecular flexibility index (Phi) is 8.37. The van der Waals surface area contributed by atoms with Gasteiger partial charge in [0, 0.05) is 17.6 Å². The molecule has 1 N–H and O–H groups in total. The molecule has 1 aliphatic rings. The minimum atomic E-state index is -3.57. The summed E-state index contributed by atoms with van der Waals surface area (Å²) in [4.78, 5) is 12.2. The lowest BCUT2D eigenvalue weighted by atomic mass is 9.98. The van der Waals surface area contributed by atoms with Crippen LogP contribution in [0.15, 0.2) is 28.7 Å². The summed E-state index contributed by atoms with van der Waals surface area (Å²) in [7, 11) is -3.57. The number of benzene rings is 1. The first-order chi connectivity index (χ1) is 12.4. The molecule has 0 spiro atoms. The summed E-state index contributed by atoms with van der Waals surface area (Å²) < 4.78 is 31.7. The van der Waals surface area contributed by atoms with E-state index >= 15 is 0 Å². The van der Waals surface area contributed by atoms with Crippen LogP contribution in [0.1, 0.15) is 38.5 Å². The van der Waals surface area contributed by atoms with Gasteiger partial charge in [-0.15, -0.1) is 0 Å². The molecule has 2 rings (SSSR count). The average molecular weight is 447 g/mol. The highest BCUT2D eigenvalue weighted by molar-refractivity contribution is 9.10. The van der Waals surface area contributed by atoms with E-state index in [1.54, 1.807) is 24.3 Å². The van der Waals surface area contributed by atoms with Crippen LogP contribution in [0.4, 0.5) is 5.69 Å². The van der Waals surface area contributed by atoms with E-state index in [2.05, 4.69) is 21.2 Å². The lowest BCUT2D eigenvalue weighted by Gasteiger charge is -2.23. The monoisotopic (exact) mass is 446 g/mol. The number of para-hydroxylation sites is 1. The highest BCUT2D eigenvalue weighted by Crippen LogP contribution is 2.27. The largest absolute Gasteiger partial charge is 0.378 e. The topological polar surface area (TPSA) is 75.7 Å². The number of hydrogen-bond acceptors (Lipinski definition) is 4. The van der Waals surface area contributed by atoms with Crippen LogP contribution in [0.3, 0.4) is 0 Å². The molecule has 0 saturated heterocycles. The van der Waals surface area contributed by atoms with Crippen molar-refractivity contribution >= 4 is 37.5 Å². The number of sulfonamides is 1. The molecule has 8 heteroatoms. The van der Waals surface area contributed by atoms with Gasteiger partial charge in [-0.1, -0.05) is 31.4 Å². The molecular formula is C18H27BrN2O4S. The zero-order valence-corrected chi connectivity index (χ0v) is 17.5. The Morgan fingerprint density at radius 2 is 1.96 bits per heavy atom. The molecule has 0 aliphatic heterocycles. The summed E-state index contributed by atoms with van der Waals surface area (Å²) in [5.74, 6) is -0.330. The SMILES string of the molecule is CS(=O)(=O)N(CC(=O)NCCCOC1CCCCC1)c1ccccc1Br. The molecule has 146 valence electrons. The van der Waals surface area contributed by atoms with Gasteiger partial charge >= 0.3 is 0 Å². The Labute approximate surface area is 164 Å². The molecule has 0 aromatic heterocycles. The maximum atomic E-state index is 12.2. The summed E-state index contributed by atoms with van der Waals surface area (Å²) >= 11 is 3.34. The number of ether oxygens (including phenoxy) is 1. The van der Waals surface area contributed by atoms with Gasteiger partial charge in [0.15, 0.2) is 0 Å². The van der Waals surface area contributed by atoms with Crippen molar-refractivity contribution in [2.24, 2.45) is 0 Å². The van der Waals surface area contributed by atoms with Crippen molar-refractivity contribution in [1.29, 1.82) is 0 Å². The molecule has 0 unspecified atom stereocenters. The highest BCUT2D eigenvalue weighted by Gasteiger charge is 2.22. The minimum Gasteiger partial charge on any atom is -0.378 e. The zero-order valence-electron chi connectivity index (χ0n) is 15.1. The molecule has 0 heterocycles. The van der Waals surface area contributed by atoms with Crippen molar-refractivity contribution in [1.82, 2.24) is 5.32 Å². The lowest BCUT2D eigenvalue weighted by Crippen LogP contribution is -2.41. The van der Waals surface area contributed by atoms with Crippen molar-refractivity contribution in [3.8, 4) is 0 Å². The van der Waals surface area contributed by atoms with Gasteiger partial charge in [-0.3, -0.25) is 9.10 Å². The van der Waals surface area contributed by atoms with E-state index in [-0.39, 0.29) is 12.5 Å². The van der Waals surface area contributed by atoms with E-state index in [4.69, 9.17) is 4.74 Å². The first-order valence-electron chi connectivity index (χ1n) is 8.98. The third-order valence-corrected chi connectivity index (χ3v) is 6.15. The maximum Gasteiger partial charge on any atom is 0.240 e. The van der Waals surface area contributed by atoms with E-state index in [0.29, 0.717) is 29.4 Å². The number of amides is 1. The number of anilines is 1. The van der Waals surface area contributed by atoms with E-state index in [0.717, 1.165) is 29.8 Å². The molecule has 1 aromatic rings. The molecule has 1 saturated carbocycles. The molecule has 6 nitrogen and oxygen atoms in total. The van der Waals surface area contributed by atoms with E-state index in [1.165, 1.54) is 19.3 Å². The van der Waals surface area contributed by atoms with Crippen LogP contribution in [-0.2, 0) is 19.6 Å². The summed E-state index contributed by atoms with van der Waals surface area (Å²) in [5.41, 5.74) is 0.450. The Bertz CT molecular complexity index is 690. The highest BCUT2D eigenvalue weighted by atomic mass is 79.9. The number of nitrogens with one attached hydrogen (secondary N) is 1. The smallest absolute Gasteiger partial charge is 0.240 e. The van der Waals surface area contributed by atoms with Crippen LogP contribution < -0.4 is 9.62 Å². The van der Waals surface area contributed by atoms with Gasteiger partial charge in [-0.2, -0.15) is 0 Å². The molecule has 1 aromatic carbocycles. The van der Waals surface area contributed by atoms with Crippen molar-refractivity contribution < 1.29 is 17.9 Å². The van der Waals surface area contributed by atoms with Crippen LogP contribution in [0.2, 0.25) is 0 Å². The summed E-state index contributed by atoms with van der Waals surface area (Å²) in [6.45, 7) is 0.842. The second kappa shape index (κ2) is 10.3. The van der Waals surface area contributed by atoms with Gasteiger partial charge in [0.05, 0.1) is 18.0 Å². The predicted octanol–water partition coefficient (Wildman–Crippen LogP) is 3.07. The molecule has 0 radical (unpaired) electrons. The molecule has 0 atom stereocenters. The molecule has 0 bridgehead atoms. The Morgan fingerprint density at radius 3 is 2.62 bits per heavy atom. The van der Waals surface area contributed by atoms with Gasteiger partial charge in [-0.25, -0.2) is 8.42 Å². The fraction of sp³-hybridized carbons (Fsp3) is 0.611. The normalized spacial score (nSPS) is 15.6.